The van der Waals surface area contributed by atoms with E-state index < -0.39 is 0 Å². The minimum atomic E-state index is 0.0561. The molecule has 1 aliphatic rings. The summed E-state index contributed by atoms with van der Waals surface area (Å²) in [5.41, 5.74) is 24.3. The summed E-state index contributed by atoms with van der Waals surface area (Å²) in [6.45, 7) is 0. The van der Waals surface area contributed by atoms with Gasteiger partial charge in [0.2, 0.25) is 0 Å². The third-order valence-electron chi connectivity index (χ3n) is 7.83. The molecule has 220 valence electrons. The maximum atomic E-state index is 13.4. The zero-order valence-corrected chi connectivity index (χ0v) is 24.5. The molecule has 0 aliphatic heterocycles. The first-order chi connectivity index (χ1) is 21.9. The first kappa shape index (κ1) is 27.6. The number of carbonyl (C=O) groups is 1. The number of anilines is 10. The second kappa shape index (κ2) is 11.8. The van der Waals surface area contributed by atoms with E-state index >= 15 is 0 Å². The van der Waals surface area contributed by atoms with Crippen LogP contribution in [0, 0.1) is 0 Å². The first-order valence-corrected chi connectivity index (χ1v) is 14.8. The van der Waals surface area contributed by atoms with Crippen LogP contribution in [0.1, 0.15) is 27.0 Å². The third kappa shape index (κ3) is 6.28. The van der Waals surface area contributed by atoms with Gasteiger partial charge in [-0.25, -0.2) is 0 Å². The Kier molecular flexibility index (Phi) is 7.25. The quantitative estimate of drug-likeness (QED) is 0.0981. The van der Waals surface area contributed by atoms with Crippen LogP contribution in [-0.2, 0) is 6.42 Å². The van der Waals surface area contributed by atoms with Gasteiger partial charge in [0, 0.05) is 68.0 Å². The fraction of sp³-hybridized carbons (Fsp3) is 0.0263. The van der Waals surface area contributed by atoms with Gasteiger partial charge < -0.3 is 32.7 Å². The van der Waals surface area contributed by atoms with Gasteiger partial charge in [-0.1, -0.05) is 0 Å². The molecule has 45 heavy (non-hydrogen) atoms. The number of rotatable bonds is 8. The van der Waals surface area contributed by atoms with Crippen LogP contribution in [-0.4, -0.2) is 5.78 Å². The molecule has 0 bridgehead atoms. The lowest BCUT2D eigenvalue weighted by Gasteiger charge is -2.21. The highest BCUT2D eigenvalue weighted by atomic mass is 16.1. The Morgan fingerprint density at radius 1 is 0.378 bits per heavy atom. The van der Waals surface area contributed by atoms with Crippen molar-refractivity contribution in [1.82, 2.24) is 0 Å². The summed E-state index contributed by atoms with van der Waals surface area (Å²) in [6, 6.07) is 43.4. The molecular weight excluding hydrogens is 556 g/mol. The Hall–Kier alpha value is -6.21. The lowest BCUT2D eigenvalue weighted by atomic mass is 9.84. The molecule has 6 aromatic rings. The highest BCUT2D eigenvalue weighted by Gasteiger charge is 2.23. The predicted molar refractivity (Wildman–Crippen MR) is 187 cm³/mol. The molecule has 7 nitrogen and oxygen atoms in total. The van der Waals surface area contributed by atoms with Crippen LogP contribution < -0.4 is 32.7 Å². The van der Waals surface area contributed by atoms with E-state index in [1.54, 1.807) is 0 Å². The molecular formula is C38H32N6O. The molecule has 0 amide bonds. The largest absolute Gasteiger partial charge is 0.399 e. The highest BCUT2D eigenvalue weighted by Crippen LogP contribution is 2.33. The van der Waals surface area contributed by atoms with Crippen LogP contribution in [0.5, 0.6) is 0 Å². The summed E-state index contributed by atoms with van der Waals surface area (Å²) in [6.07, 6.45) is 0.677. The predicted octanol–water partition coefficient (Wildman–Crippen LogP) is 8.96. The van der Waals surface area contributed by atoms with Crippen molar-refractivity contribution < 1.29 is 4.79 Å². The molecule has 8 N–H and O–H groups in total. The van der Waals surface area contributed by atoms with Gasteiger partial charge in [0.1, 0.15) is 0 Å². The third-order valence-corrected chi connectivity index (χ3v) is 7.83. The monoisotopic (exact) mass is 588 g/mol. The topological polar surface area (TPSA) is 117 Å². The van der Waals surface area contributed by atoms with Crippen LogP contribution in [0.15, 0.2) is 133 Å². The van der Waals surface area contributed by atoms with Crippen LogP contribution in [0.3, 0.4) is 0 Å². The van der Waals surface area contributed by atoms with E-state index in [1.807, 2.05) is 121 Å². The maximum absolute atomic E-state index is 13.4. The Morgan fingerprint density at radius 3 is 0.978 bits per heavy atom. The molecule has 1 aliphatic carbocycles. The summed E-state index contributed by atoms with van der Waals surface area (Å²) in [5, 5.41) is 13.7. The van der Waals surface area contributed by atoms with Gasteiger partial charge in [-0.2, -0.15) is 0 Å². The molecule has 0 unspecified atom stereocenters. The number of fused-ring (bicyclic) bond motifs is 2. The number of benzene rings is 6. The fourth-order valence-electron chi connectivity index (χ4n) is 5.50. The molecule has 0 radical (unpaired) electrons. The second-order valence-corrected chi connectivity index (χ2v) is 11.1. The Morgan fingerprint density at radius 2 is 0.644 bits per heavy atom. The van der Waals surface area contributed by atoms with Crippen LogP contribution >= 0.6 is 0 Å². The van der Waals surface area contributed by atoms with Crippen molar-refractivity contribution in [1.29, 1.82) is 0 Å². The van der Waals surface area contributed by atoms with Gasteiger partial charge in [-0.3, -0.25) is 4.79 Å². The molecule has 0 saturated carbocycles. The molecule has 6 aromatic carbocycles. The molecule has 7 rings (SSSR count). The average molecular weight is 589 g/mol. The van der Waals surface area contributed by atoms with E-state index in [2.05, 4.69) is 33.4 Å². The Labute approximate surface area is 261 Å². The van der Waals surface area contributed by atoms with Crippen LogP contribution in [0.25, 0.3) is 0 Å². The van der Waals surface area contributed by atoms with Crippen LogP contribution in [0.2, 0.25) is 0 Å². The molecule has 7 heteroatoms. The van der Waals surface area contributed by atoms with E-state index in [4.69, 9.17) is 11.5 Å². The Balaban J connectivity index is 1.02. The van der Waals surface area contributed by atoms with Crippen molar-refractivity contribution in [3.05, 3.63) is 156 Å². The van der Waals surface area contributed by atoms with Crippen molar-refractivity contribution in [3.63, 3.8) is 0 Å². The lowest BCUT2D eigenvalue weighted by molar-refractivity contribution is 0.103. The minimum absolute atomic E-state index is 0.0561. The molecule has 0 spiro atoms. The molecule has 0 heterocycles. The summed E-state index contributed by atoms with van der Waals surface area (Å²) in [5.74, 6) is 0.0561. The number of ketones is 1. The van der Waals surface area contributed by atoms with E-state index in [9.17, 15) is 4.79 Å². The molecule has 0 fully saturated rings. The minimum Gasteiger partial charge on any atom is -0.399 e. The van der Waals surface area contributed by atoms with Gasteiger partial charge in [0.05, 0.1) is 0 Å². The van der Waals surface area contributed by atoms with Gasteiger partial charge in [-0.05, 0) is 151 Å². The Bertz CT molecular complexity index is 1840. The molecule has 0 aromatic heterocycles. The number of nitrogen functional groups attached to an aromatic ring is 2. The van der Waals surface area contributed by atoms with Crippen molar-refractivity contribution >= 4 is 62.7 Å². The van der Waals surface area contributed by atoms with Gasteiger partial charge >= 0.3 is 0 Å². The van der Waals surface area contributed by atoms with E-state index in [1.165, 1.54) is 0 Å². The van der Waals surface area contributed by atoms with E-state index in [0.29, 0.717) is 6.42 Å². The SMILES string of the molecule is Nc1ccc(Nc2ccc(Nc3ccc4c(c3)Cc3cc(Nc5ccc(Nc6ccc(N)cc6)cc5)ccc3C4=O)cc2)cc1. The van der Waals surface area contributed by atoms with Gasteiger partial charge in [-0.15, -0.1) is 0 Å². The number of nitrogens with two attached hydrogens (primary N) is 2. The zero-order chi connectivity index (χ0) is 30.8. The zero-order valence-electron chi connectivity index (χ0n) is 24.5. The summed E-state index contributed by atoms with van der Waals surface area (Å²) in [4.78, 5) is 13.4. The maximum Gasteiger partial charge on any atom is 0.193 e. The van der Waals surface area contributed by atoms with Gasteiger partial charge in [0.15, 0.2) is 5.78 Å². The molecule has 0 atom stereocenters. The van der Waals surface area contributed by atoms with Gasteiger partial charge in [0.25, 0.3) is 0 Å². The van der Waals surface area contributed by atoms with Crippen molar-refractivity contribution in [2.75, 3.05) is 32.7 Å². The van der Waals surface area contributed by atoms with E-state index in [-0.39, 0.29) is 5.78 Å². The summed E-state index contributed by atoms with van der Waals surface area (Å²) < 4.78 is 0. The second-order valence-electron chi connectivity index (χ2n) is 11.1. The smallest absolute Gasteiger partial charge is 0.193 e. The van der Waals surface area contributed by atoms with Crippen molar-refractivity contribution in [2.24, 2.45) is 0 Å². The lowest BCUT2D eigenvalue weighted by Crippen LogP contribution is -2.15. The number of hydrogen-bond donors (Lipinski definition) is 6. The number of hydrogen-bond acceptors (Lipinski definition) is 7. The standard InChI is InChI=1S/C38H32N6O/c39-26-1-5-28(6-2-26)41-30-9-13-32(14-10-30)43-34-17-19-36-24(22-34)21-25-23-35(18-20-37(25)38(36)45)44-33-15-11-31(12-16-33)42-29-7-3-27(40)4-8-29/h1-20,22-23,41-44H,21,39-40H2. The summed E-state index contributed by atoms with van der Waals surface area (Å²) in [7, 11) is 0. The normalized spacial score (nSPS) is 11.7. The van der Waals surface area contributed by atoms with Crippen molar-refractivity contribution in [3.8, 4) is 0 Å². The van der Waals surface area contributed by atoms with E-state index in [0.717, 1.165) is 79.1 Å². The molecule has 0 saturated heterocycles. The summed E-state index contributed by atoms with van der Waals surface area (Å²) >= 11 is 0. The van der Waals surface area contributed by atoms with Crippen molar-refractivity contribution in [2.45, 2.75) is 6.42 Å². The highest BCUT2D eigenvalue weighted by molar-refractivity contribution is 6.12. The first-order valence-electron chi connectivity index (χ1n) is 14.8. The average Bonchev–Trinajstić information content (AvgIpc) is 3.05. The number of carbonyl (C=O) groups excluding carboxylic acids is 1. The van der Waals surface area contributed by atoms with Crippen LogP contribution in [0.4, 0.5) is 56.9 Å². The fourth-order valence-corrected chi connectivity index (χ4v) is 5.50. The number of nitrogens with one attached hydrogen (secondary N) is 4.